The third kappa shape index (κ3) is 5.70. The number of nitrogens with zero attached hydrogens (tertiary/aromatic N) is 1. The van der Waals surface area contributed by atoms with Crippen LogP contribution in [0.2, 0.25) is 0 Å². The van der Waals surface area contributed by atoms with Gasteiger partial charge in [0.05, 0.1) is 17.1 Å². The van der Waals surface area contributed by atoms with E-state index in [4.69, 9.17) is 0 Å². The first-order valence-electron chi connectivity index (χ1n) is 22.5. The van der Waals surface area contributed by atoms with Crippen molar-refractivity contribution in [3.8, 4) is 55.6 Å². The minimum atomic E-state index is -0.266. The molecule has 0 spiro atoms. The first kappa shape index (κ1) is 38.0. The van der Waals surface area contributed by atoms with Crippen LogP contribution in [0.3, 0.4) is 0 Å². The second-order valence-corrected chi connectivity index (χ2v) is 18.1. The lowest BCUT2D eigenvalue weighted by atomic mass is 9.74. The van der Waals surface area contributed by atoms with E-state index in [-0.39, 0.29) is 10.8 Å². The molecular formula is C63H47N. The zero-order chi connectivity index (χ0) is 43.0. The van der Waals surface area contributed by atoms with E-state index >= 15 is 0 Å². The van der Waals surface area contributed by atoms with E-state index in [0.717, 1.165) is 17.1 Å². The fourth-order valence-electron chi connectivity index (χ4n) is 11.2. The van der Waals surface area contributed by atoms with Crippen molar-refractivity contribution in [3.05, 3.63) is 258 Å². The van der Waals surface area contributed by atoms with Crippen LogP contribution < -0.4 is 4.90 Å². The standard InChI is InChI=1S/C63H47N/c1-62(2)54-30-14-10-28-52(54)61-51(29-19-32-57(61)62)50-27-13-18-35-60(50)64(58-33-16-11-24-47(58)44-37-36-42-20-7-8-21-43(42)40-44)59-34-17-12-25-48(59)45-38-39-56-53(41-45)49-26-9-15-31-55(49)63(56,3)46-22-5-4-6-23-46/h4-41H,1-3H3. The third-order valence-electron chi connectivity index (χ3n) is 14.4. The van der Waals surface area contributed by atoms with Crippen molar-refractivity contribution >= 4 is 27.8 Å². The van der Waals surface area contributed by atoms with Crippen LogP contribution in [0, 0.1) is 0 Å². The maximum Gasteiger partial charge on any atom is 0.0540 e. The van der Waals surface area contributed by atoms with Crippen LogP contribution in [0.4, 0.5) is 17.1 Å². The molecule has 12 rings (SSSR count). The van der Waals surface area contributed by atoms with Gasteiger partial charge >= 0.3 is 0 Å². The predicted octanol–water partition coefficient (Wildman–Crippen LogP) is 17.0. The summed E-state index contributed by atoms with van der Waals surface area (Å²) in [5.41, 5.74) is 22.1. The molecule has 1 unspecified atom stereocenters. The maximum absolute atomic E-state index is 2.54. The molecule has 1 nitrogen and oxygen atoms in total. The van der Waals surface area contributed by atoms with Gasteiger partial charge in [0.1, 0.15) is 0 Å². The molecule has 0 saturated carbocycles. The fraction of sp³-hybridized carbons (Fsp3) is 0.0794. The predicted molar refractivity (Wildman–Crippen MR) is 270 cm³/mol. The highest BCUT2D eigenvalue weighted by Gasteiger charge is 2.41. The van der Waals surface area contributed by atoms with Crippen molar-refractivity contribution in [2.24, 2.45) is 0 Å². The van der Waals surface area contributed by atoms with E-state index in [1.807, 2.05) is 0 Å². The van der Waals surface area contributed by atoms with Gasteiger partial charge in [0.25, 0.3) is 0 Å². The number of fused-ring (bicyclic) bond motifs is 7. The molecule has 2 aliphatic rings. The minimum Gasteiger partial charge on any atom is -0.309 e. The largest absolute Gasteiger partial charge is 0.309 e. The average molecular weight is 818 g/mol. The van der Waals surface area contributed by atoms with Crippen molar-refractivity contribution in [1.29, 1.82) is 0 Å². The molecule has 0 fully saturated rings. The second-order valence-electron chi connectivity index (χ2n) is 18.1. The number of anilines is 3. The van der Waals surface area contributed by atoms with Gasteiger partial charge in [-0.1, -0.05) is 214 Å². The summed E-state index contributed by atoms with van der Waals surface area (Å²) in [6.07, 6.45) is 0. The summed E-state index contributed by atoms with van der Waals surface area (Å²) in [6, 6.07) is 85.6. The Morgan fingerprint density at radius 1 is 0.297 bits per heavy atom. The lowest BCUT2D eigenvalue weighted by Gasteiger charge is -2.32. The Kier molecular flexibility index (Phi) is 8.71. The summed E-state index contributed by atoms with van der Waals surface area (Å²) in [5.74, 6) is 0. The number of hydrogen-bond donors (Lipinski definition) is 0. The van der Waals surface area contributed by atoms with Crippen LogP contribution in [0.5, 0.6) is 0 Å². The third-order valence-corrected chi connectivity index (χ3v) is 14.4. The van der Waals surface area contributed by atoms with Crippen molar-refractivity contribution in [2.45, 2.75) is 31.6 Å². The second kappa shape index (κ2) is 14.7. The van der Waals surface area contributed by atoms with Gasteiger partial charge in [-0.05, 0) is 115 Å². The molecule has 2 aliphatic carbocycles. The normalized spacial score (nSPS) is 15.3. The van der Waals surface area contributed by atoms with Crippen LogP contribution in [0.1, 0.15) is 48.6 Å². The molecule has 0 aliphatic heterocycles. The van der Waals surface area contributed by atoms with Crippen LogP contribution in [-0.2, 0) is 10.8 Å². The molecular weight excluding hydrogens is 771 g/mol. The highest BCUT2D eigenvalue weighted by atomic mass is 15.1. The van der Waals surface area contributed by atoms with Gasteiger partial charge in [-0.15, -0.1) is 0 Å². The van der Waals surface area contributed by atoms with E-state index in [0.29, 0.717) is 0 Å². The van der Waals surface area contributed by atoms with Crippen LogP contribution in [-0.4, -0.2) is 0 Å². The van der Waals surface area contributed by atoms with Crippen LogP contribution in [0.25, 0.3) is 66.4 Å². The zero-order valence-corrected chi connectivity index (χ0v) is 36.4. The summed E-state index contributed by atoms with van der Waals surface area (Å²) in [5, 5.41) is 2.46. The molecule has 10 aromatic carbocycles. The SMILES string of the molecule is CC1(C)c2ccccc2-c2c(-c3ccccc3N(c3ccccc3-c3ccc4c(c3)-c3ccccc3C4(C)c3ccccc3)c3ccccc3-c3ccc4ccccc4c3)cccc21. The number of benzene rings is 10. The lowest BCUT2D eigenvalue weighted by Crippen LogP contribution is -2.22. The molecule has 0 saturated heterocycles. The molecule has 0 heterocycles. The molecule has 0 radical (unpaired) electrons. The molecule has 1 atom stereocenters. The van der Waals surface area contributed by atoms with Gasteiger partial charge in [0, 0.05) is 27.5 Å². The van der Waals surface area contributed by atoms with E-state index in [1.165, 1.54) is 94.2 Å². The Morgan fingerprint density at radius 2 is 0.781 bits per heavy atom. The Balaban J connectivity index is 1.11. The average Bonchev–Trinajstić information content (AvgIpc) is 3.76. The summed E-state index contributed by atoms with van der Waals surface area (Å²) in [7, 11) is 0. The smallest absolute Gasteiger partial charge is 0.0540 e. The number of rotatable bonds is 7. The van der Waals surface area contributed by atoms with E-state index in [2.05, 4.69) is 256 Å². The van der Waals surface area contributed by atoms with Crippen molar-refractivity contribution < 1.29 is 0 Å². The molecule has 0 N–H and O–H groups in total. The van der Waals surface area contributed by atoms with E-state index in [9.17, 15) is 0 Å². The topological polar surface area (TPSA) is 3.24 Å². The maximum atomic E-state index is 2.54. The quantitative estimate of drug-likeness (QED) is 0.155. The molecule has 304 valence electrons. The van der Waals surface area contributed by atoms with Gasteiger partial charge in [-0.25, -0.2) is 0 Å². The van der Waals surface area contributed by atoms with Gasteiger partial charge in [-0.3, -0.25) is 0 Å². The molecule has 10 aromatic rings. The highest BCUT2D eigenvalue weighted by Crippen LogP contribution is 2.56. The van der Waals surface area contributed by atoms with Crippen LogP contribution >= 0.6 is 0 Å². The first-order chi connectivity index (χ1) is 31.4. The molecule has 0 amide bonds. The molecule has 0 bridgehead atoms. The van der Waals surface area contributed by atoms with E-state index in [1.54, 1.807) is 0 Å². The first-order valence-corrected chi connectivity index (χ1v) is 22.5. The zero-order valence-electron chi connectivity index (χ0n) is 36.4. The number of hydrogen-bond acceptors (Lipinski definition) is 1. The summed E-state index contributed by atoms with van der Waals surface area (Å²) >= 11 is 0. The lowest BCUT2D eigenvalue weighted by molar-refractivity contribution is 0.660. The number of para-hydroxylation sites is 3. The Bertz CT molecular complexity index is 3450. The fourth-order valence-corrected chi connectivity index (χ4v) is 11.2. The monoisotopic (exact) mass is 817 g/mol. The summed E-state index contributed by atoms with van der Waals surface area (Å²) in [6.45, 7) is 7.13. The Morgan fingerprint density at radius 3 is 1.50 bits per heavy atom. The molecule has 0 aromatic heterocycles. The van der Waals surface area contributed by atoms with E-state index < -0.39 is 0 Å². The molecule has 64 heavy (non-hydrogen) atoms. The van der Waals surface area contributed by atoms with Crippen molar-refractivity contribution in [3.63, 3.8) is 0 Å². The van der Waals surface area contributed by atoms with Crippen molar-refractivity contribution in [2.75, 3.05) is 4.90 Å². The van der Waals surface area contributed by atoms with Gasteiger partial charge < -0.3 is 4.90 Å². The summed E-state index contributed by atoms with van der Waals surface area (Å²) in [4.78, 5) is 2.54. The molecule has 1 heteroatoms. The Labute approximate surface area is 376 Å². The van der Waals surface area contributed by atoms with Gasteiger partial charge in [-0.2, -0.15) is 0 Å². The minimum absolute atomic E-state index is 0.116. The van der Waals surface area contributed by atoms with Gasteiger partial charge in [0.2, 0.25) is 0 Å². The highest BCUT2D eigenvalue weighted by molar-refractivity contribution is 6.02. The van der Waals surface area contributed by atoms with Crippen LogP contribution in [0.15, 0.2) is 231 Å². The Hall–Kier alpha value is -7.74. The van der Waals surface area contributed by atoms with Gasteiger partial charge in [0.15, 0.2) is 0 Å². The summed E-state index contributed by atoms with van der Waals surface area (Å²) < 4.78 is 0. The van der Waals surface area contributed by atoms with Crippen molar-refractivity contribution in [1.82, 2.24) is 0 Å².